The number of halogens is 1. The van der Waals surface area contributed by atoms with Crippen LogP contribution in [0.3, 0.4) is 0 Å². The first-order valence-corrected chi connectivity index (χ1v) is 6.39. The molecule has 0 bridgehead atoms. The van der Waals surface area contributed by atoms with Crippen molar-refractivity contribution in [2.75, 3.05) is 6.61 Å². The number of carboxylic acid groups (broad SMARTS) is 1. The highest BCUT2D eigenvalue weighted by molar-refractivity contribution is 6.31. The quantitative estimate of drug-likeness (QED) is 0.917. The molecule has 1 aromatic heterocycles. The van der Waals surface area contributed by atoms with Crippen LogP contribution in [0, 0.1) is 6.92 Å². The first-order valence-electron chi connectivity index (χ1n) is 6.01. The van der Waals surface area contributed by atoms with E-state index in [1.165, 1.54) is 0 Å². The summed E-state index contributed by atoms with van der Waals surface area (Å²) in [5.41, 5.74) is 2.58. The van der Waals surface area contributed by atoms with Gasteiger partial charge in [0.1, 0.15) is 6.61 Å². The zero-order valence-corrected chi connectivity index (χ0v) is 11.6. The van der Waals surface area contributed by atoms with Crippen molar-refractivity contribution in [1.29, 1.82) is 0 Å². The number of carbonyl (C=O) groups is 1. The number of carboxylic acids is 1. The van der Waals surface area contributed by atoms with Crippen LogP contribution < -0.4 is 4.74 Å². The number of aryl methyl sites for hydroxylation is 1. The van der Waals surface area contributed by atoms with E-state index in [1.807, 2.05) is 25.1 Å². The van der Waals surface area contributed by atoms with Crippen LogP contribution in [0.2, 0.25) is 5.02 Å². The average Bonchev–Trinajstić information content (AvgIpc) is 2.42. The summed E-state index contributed by atoms with van der Waals surface area (Å²) in [5, 5.41) is 17.2. The second kappa shape index (κ2) is 6.34. The van der Waals surface area contributed by atoms with Crippen molar-refractivity contribution in [2.45, 2.75) is 13.3 Å². The molecule has 5 nitrogen and oxygen atoms in total. The molecular formula is C14H13ClN2O3. The van der Waals surface area contributed by atoms with Crippen molar-refractivity contribution >= 4 is 17.6 Å². The first kappa shape index (κ1) is 14.3. The molecule has 0 atom stereocenters. The summed E-state index contributed by atoms with van der Waals surface area (Å²) in [5.74, 6) is -0.605. The third-order valence-electron chi connectivity index (χ3n) is 2.66. The van der Waals surface area contributed by atoms with Crippen LogP contribution in [0.4, 0.5) is 0 Å². The van der Waals surface area contributed by atoms with Crippen LogP contribution in [-0.2, 0) is 4.79 Å². The molecule has 2 rings (SSSR count). The topological polar surface area (TPSA) is 72.3 Å². The van der Waals surface area contributed by atoms with Crippen LogP contribution in [0.25, 0.3) is 11.3 Å². The van der Waals surface area contributed by atoms with E-state index in [1.54, 1.807) is 12.1 Å². The lowest BCUT2D eigenvalue weighted by atomic mass is 10.1. The molecular weight excluding hydrogens is 280 g/mol. The van der Waals surface area contributed by atoms with Gasteiger partial charge in [0.15, 0.2) is 0 Å². The number of ether oxygens (including phenoxy) is 1. The maximum Gasteiger partial charge on any atom is 0.306 e. The molecule has 0 amide bonds. The molecule has 2 aromatic rings. The summed E-state index contributed by atoms with van der Waals surface area (Å²) in [6, 6.07) is 9.03. The van der Waals surface area contributed by atoms with Gasteiger partial charge in [-0.3, -0.25) is 4.79 Å². The van der Waals surface area contributed by atoms with Crippen LogP contribution >= 0.6 is 11.6 Å². The molecule has 0 radical (unpaired) electrons. The van der Waals surface area contributed by atoms with E-state index in [0.717, 1.165) is 11.1 Å². The fourth-order valence-corrected chi connectivity index (χ4v) is 1.72. The largest absolute Gasteiger partial charge is 0.481 e. The summed E-state index contributed by atoms with van der Waals surface area (Å²) in [6.45, 7) is 1.99. The van der Waals surface area contributed by atoms with E-state index >= 15 is 0 Å². The number of aliphatic carboxylic acids is 1. The fraction of sp³-hybridized carbons (Fsp3) is 0.214. The number of hydrogen-bond acceptors (Lipinski definition) is 4. The van der Waals surface area contributed by atoms with Gasteiger partial charge in [0.05, 0.1) is 12.1 Å². The predicted octanol–water partition coefficient (Wildman–Crippen LogP) is 2.96. The van der Waals surface area contributed by atoms with Gasteiger partial charge in [-0.15, -0.1) is 10.2 Å². The Morgan fingerprint density at radius 2 is 2.10 bits per heavy atom. The van der Waals surface area contributed by atoms with Crippen LogP contribution in [-0.4, -0.2) is 27.9 Å². The third-order valence-corrected chi connectivity index (χ3v) is 3.08. The molecule has 0 aliphatic carbocycles. The van der Waals surface area contributed by atoms with Crippen molar-refractivity contribution in [2.24, 2.45) is 0 Å². The maximum absolute atomic E-state index is 10.4. The monoisotopic (exact) mass is 292 g/mol. The van der Waals surface area contributed by atoms with Gasteiger partial charge < -0.3 is 9.84 Å². The predicted molar refractivity (Wildman–Crippen MR) is 75.0 cm³/mol. The van der Waals surface area contributed by atoms with Crippen LogP contribution in [0.1, 0.15) is 12.0 Å². The average molecular weight is 293 g/mol. The number of aromatic nitrogens is 2. The van der Waals surface area contributed by atoms with Gasteiger partial charge in [-0.1, -0.05) is 17.7 Å². The number of rotatable bonds is 5. The lowest BCUT2D eigenvalue weighted by Crippen LogP contribution is -2.06. The van der Waals surface area contributed by atoms with Crippen molar-refractivity contribution in [3.63, 3.8) is 0 Å². The summed E-state index contributed by atoms with van der Waals surface area (Å²) < 4.78 is 5.17. The lowest BCUT2D eigenvalue weighted by molar-refractivity contribution is -0.137. The van der Waals surface area contributed by atoms with E-state index in [4.69, 9.17) is 21.4 Å². The van der Waals surface area contributed by atoms with E-state index in [-0.39, 0.29) is 13.0 Å². The molecule has 6 heteroatoms. The Morgan fingerprint density at radius 3 is 2.70 bits per heavy atom. The molecule has 0 aliphatic heterocycles. The Balaban J connectivity index is 2.07. The Kier molecular flexibility index (Phi) is 4.53. The minimum Gasteiger partial charge on any atom is -0.481 e. The van der Waals surface area contributed by atoms with E-state index < -0.39 is 5.97 Å². The molecule has 0 spiro atoms. The first-order chi connectivity index (χ1) is 9.56. The number of benzene rings is 1. The number of hydrogen-bond donors (Lipinski definition) is 1. The Bertz CT molecular complexity index is 614. The van der Waals surface area contributed by atoms with Crippen LogP contribution in [0.5, 0.6) is 5.88 Å². The van der Waals surface area contributed by atoms with E-state index in [9.17, 15) is 4.79 Å². The van der Waals surface area contributed by atoms with Gasteiger partial charge >= 0.3 is 5.97 Å². The summed E-state index contributed by atoms with van der Waals surface area (Å²) in [7, 11) is 0. The molecule has 1 heterocycles. The maximum atomic E-state index is 10.4. The van der Waals surface area contributed by atoms with Gasteiger partial charge in [-0.05, 0) is 30.7 Å². The van der Waals surface area contributed by atoms with Crippen molar-refractivity contribution in [3.05, 3.63) is 40.9 Å². The highest BCUT2D eigenvalue weighted by Gasteiger charge is 2.04. The molecule has 1 aromatic carbocycles. The summed E-state index contributed by atoms with van der Waals surface area (Å²) >= 11 is 5.97. The summed E-state index contributed by atoms with van der Waals surface area (Å²) in [4.78, 5) is 10.4. The van der Waals surface area contributed by atoms with Crippen molar-refractivity contribution in [1.82, 2.24) is 10.2 Å². The third kappa shape index (κ3) is 3.68. The van der Waals surface area contributed by atoms with Gasteiger partial charge in [0.25, 0.3) is 0 Å². The molecule has 0 aliphatic rings. The highest BCUT2D eigenvalue weighted by Crippen LogP contribution is 2.23. The summed E-state index contributed by atoms with van der Waals surface area (Å²) in [6.07, 6.45) is -0.0696. The number of nitrogens with zero attached hydrogens (tertiary/aromatic N) is 2. The molecule has 104 valence electrons. The minimum absolute atomic E-state index is 0.0696. The standard InChI is InChI=1S/C14H13ClN2O3/c1-9-8-10(2-3-11(9)15)12-4-5-13(17-16-12)20-7-6-14(18)19/h2-5,8H,6-7H2,1H3,(H,18,19). The highest BCUT2D eigenvalue weighted by atomic mass is 35.5. The minimum atomic E-state index is -0.911. The zero-order valence-electron chi connectivity index (χ0n) is 10.8. The molecule has 0 unspecified atom stereocenters. The zero-order chi connectivity index (χ0) is 14.5. The molecule has 1 N–H and O–H groups in total. The normalized spacial score (nSPS) is 10.3. The van der Waals surface area contributed by atoms with Gasteiger partial charge in [0, 0.05) is 16.7 Å². The Morgan fingerprint density at radius 1 is 1.30 bits per heavy atom. The molecule has 0 saturated heterocycles. The SMILES string of the molecule is Cc1cc(-c2ccc(OCCC(=O)O)nn2)ccc1Cl. The van der Waals surface area contributed by atoms with Crippen LogP contribution in [0.15, 0.2) is 30.3 Å². The van der Waals surface area contributed by atoms with E-state index in [0.29, 0.717) is 16.6 Å². The van der Waals surface area contributed by atoms with Crippen molar-refractivity contribution < 1.29 is 14.6 Å². The van der Waals surface area contributed by atoms with E-state index in [2.05, 4.69) is 10.2 Å². The van der Waals surface area contributed by atoms with Gasteiger partial charge in [-0.25, -0.2) is 0 Å². The van der Waals surface area contributed by atoms with Gasteiger partial charge in [0.2, 0.25) is 5.88 Å². The molecule has 20 heavy (non-hydrogen) atoms. The fourth-order valence-electron chi connectivity index (χ4n) is 1.60. The second-order valence-corrected chi connectivity index (χ2v) is 4.62. The molecule has 0 fully saturated rings. The van der Waals surface area contributed by atoms with Gasteiger partial charge in [-0.2, -0.15) is 0 Å². The lowest BCUT2D eigenvalue weighted by Gasteiger charge is -2.05. The van der Waals surface area contributed by atoms with Crippen molar-refractivity contribution in [3.8, 4) is 17.1 Å². The smallest absolute Gasteiger partial charge is 0.306 e. The second-order valence-electron chi connectivity index (χ2n) is 4.21. The Hall–Kier alpha value is -2.14. The molecule has 0 saturated carbocycles. The Labute approximate surface area is 121 Å².